The number of hydrogen-bond donors (Lipinski definition) is 2. The molecule has 0 saturated heterocycles. The zero-order valence-corrected chi connectivity index (χ0v) is 30.5. The van der Waals surface area contributed by atoms with Gasteiger partial charge >= 0.3 is 0 Å². The first kappa shape index (κ1) is 47.7. The van der Waals surface area contributed by atoms with Crippen molar-refractivity contribution in [3.8, 4) is 11.1 Å². The summed E-state index contributed by atoms with van der Waals surface area (Å²) >= 11 is 0. The number of hydrogen-bond acceptors (Lipinski definition) is 2. The second kappa shape index (κ2) is 26.5. The van der Waals surface area contributed by atoms with Crippen LogP contribution in [0.3, 0.4) is 0 Å². The van der Waals surface area contributed by atoms with Gasteiger partial charge in [-0.1, -0.05) is 92.6 Å². The van der Waals surface area contributed by atoms with E-state index < -0.39 is 76.1 Å². The Balaban J connectivity index is 0.000000789. The molecule has 0 bridgehead atoms. The Hall–Kier alpha value is -2.29. The van der Waals surface area contributed by atoms with Gasteiger partial charge in [0.1, 0.15) is 0 Å². The summed E-state index contributed by atoms with van der Waals surface area (Å²) in [5.74, 6) is -24.1. The van der Waals surface area contributed by atoms with E-state index >= 15 is 0 Å². The predicted molar refractivity (Wildman–Crippen MR) is 177 cm³/mol. The SMILES string of the molecule is CCCC[NH+](CCCC)CCCC.CCCC[NH+](CCCC)CCCC.[O-]B([O-])c1c(F)c(F)c(F)c(F)c1-c1c(F)c(F)c(F)c(F)c1F. The van der Waals surface area contributed by atoms with Gasteiger partial charge in [0.25, 0.3) is 0 Å². The van der Waals surface area contributed by atoms with Crippen LogP contribution in [0.5, 0.6) is 0 Å². The van der Waals surface area contributed by atoms with Crippen LogP contribution in [-0.4, -0.2) is 46.4 Å². The van der Waals surface area contributed by atoms with E-state index in [1.807, 2.05) is 9.80 Å². The average molecular weight is 731 g/mol. The van der Waals surface area contributed by atoms with Crippen molar-refractivity contribution in [1.29, 1.82) is 0 Å². The lowest BCUT2D eigenvalue weighted by Crippen LogP contribution is -3.12. The Labute approximate surface area is 293 Å². The molecule has 0 radical (unpaired) electrons. The van der Waals surface area contributed by atoms with Crippen molar-refractivity contribution < 1.29 is 59.4 Å². The number of halogens is 9. The molecule has 2 aromatic carbocycles. The van der Waals surface area contributed by atoms with Crippen molar-refractivity contribution in [3.63, 3.8) is 0 Å². The van der Waals surface area contributed by atoms with E-state index in [0.29, 0.717) is 0 Å². The molecule has 0 aliphatic heterocycles. The molecule has 14 heteroatoms. The highest BCUT2D eigenvalue weighted by molar-refractivity contribution is 6.57. The lowest BCUT2D eigenvalue weighted by atomic mass is 9.74. The third-order valence-electron chi connectivity index (χ3n) is 8.30. The molecule has 2 aromatic rings. The van der Waals surface area contributed by atoms with E-state index in [1.165, 1.54) is 116 Å². The van der Waals surface area contributed by atoms with E-state index in [1.54, 1.807) is 0 Å². The summed E-state index contributed by atoms with van der Waals surface area (Å²) in [5, 5.41) is 21.7. The molecule has 288 valence electrons. The van der Waals surface area contributed by atoms with Gasteiger partial charge in [0.05, 0.1) is 44.8 Å². The summed E-state index contributed by atoms with van der Waals surface area (Å²) in [6.45, 7) is 22.1. The van der Waals surface area contributed by atoms with Crippen LogP contribution in [0, 0.1) is 52.4 Å². The molecule has 0 fully saturated rings. The monoisotopic (exact) mass is 730 g/mol. The van der Waals surface area contributed by atoms with Gasteiger partial charge < -0.3 is 19.8 Å². The fourth-order valence-electron chi connectivity index (χ4n) is 5.25. The Morgan fingerprint density at radius 3 is 0.820 bits per heavy atom. The van der Waals surface area contributed by atoms with Gasteiger partial charge in [-0.15, -0.1) is 0 Å². The third kappa shape index (κ3) is 15.1. The first-order valence-electron chi connectivity index (χ1n) is 18.1. The molecule has 0 unspecified atom stereocenters. The van der Waals surface area contributed by atoms with Crippen LogP contribution in [0.4, 0.5) is 39.5 Å². The second-order valence-electron chi connectivity index (χ2n) is 12.4. The van der Waals surface area contributed by atoms with E-state index in [4.69, 9.17) is 0 Å². The van der Waals surface area contributed by atoms with Crippen molar-refractivity contribution in [2.75, 3.05) is 39.3 Å². The van der Waals surface area contributed by atoms with E-state index in [9.17, 15) is 49.6 Å². The third-order valence-corrected chi connectivity index (χ3v) is 8.30. The molecular formula is C36H56BF9N2O2. The maximum Gasteiger partial charge on any atom is 0.200 e. The summed E-state index contributed by atoms with van der Waals surface area (Å²) in [7, 11) is -3.67. The Morgan fingerprint density at radius 1 is 0.360 bits per heavy atom. The molecule has 2 N–H and O–H groups in total. The van der Waals surface area contributed by atoms with Crippen LogP contribution in [0.1, 0.15) is 119 Å². The van der Waals surface area contributed by atoms with Crippen LogP contribution < -0.4 is 25.3 Å². The van der Waals surface area contributed by atoms with Crippen LogP contribution >= 0.6 is 0 Å². The fourth-order valence-corrected chi connectivity index (χ4v) is 5.25. The number of benzene rings is 2. The molecule has 2 rings (SSSR count). The summed E-state index contributed by atoms with van der Waals surface area (Å²) < 4.78 is 120. The van der Waals surface area contributed by atoms with Crippen LogP contribution in [-0.2, 0) is 0 Å². The quantitative estimate of drug-likeness (QED) is 0.0812. The Bertz CT molecular complexity index is 1160. The lowest BCUT2D eigenvalue weighted by molar-refractivity contribution is -0.900. The van der Waals surface area contributed by atoms with E-state index in [-0.39, 0.29) is 0 Å². The smallest absolute Gasteiger partial charge is 0.200 e. The van der Waals surface area contributed by atoms with Crippen molar-refractivity contribution in [3.05, 3.63) is 52.4 Å². The van der Waals surface area contributed by atoms with Crippen molar-refractivity contribution in [2.24, 2.45) is 0 Å². The summed E-state index contributed by atoms with van der Waals surface area (Å²) in [6, 6.07) is 0. The van der Waals surface area contributed by atoms with E-state index in [0.717, 1.165) is 0 Å². The number of nitrogens with one attached hydrogen (secondary N) is 2. The molecule has 0 aromatic heterocycles. The topological polar surface area (TPSA) is 55.0 Å². The van der Waals surface area contributed by atoms with Gasteiger partial charge in [-0.05, 0) is 38.5 Å². The molecule has 0 amide bonds. The molecule has 0 aliphatic rings. The van der Waals surface area contributed by atoms with Crippen LogP contribution in [0.15, 0.2) is 0 Å². The largest absolute Gasteiger partial charge is 0.889 e. The molecule has 0 spiro atoms. The minimum Gasteiger partial charge on any atom is -0.889 e. The molecule has 0 heterocycles. The lowest BCUT2D eigenvalue weighted by Gasteiger charge is -2.30. The first-order chi connectivity index (χ1) is 23.7. The average Bonchev–Trinajstić information content (AvgIpc) is 3.10. The number of unbranched alkanes of at least 4 members (excludes halogenated alkanes) is 6. The van der Waals surface area contributed by atoms with Gasteiger partial charge in [-0.25, -0.2) is 39.5 Å². The molecule has 0 aliphatic carbocycles. The minimum atomic E-state index is -3.67. The zero-order chi connectivity index (χ0) is 38.4. The van der Waals surface area contributed by atoms with Crippen molar-refractivity contribution in [2.45, 2.75) is 119 Å². The van der Waals surface area contributed by atoms with Gasteiger partial charge in [-0.3, -0.25) is 0 Å². The Kier molecular flexibility index (Phi) is 25.3. The highest BCUT2D eigenvalue weighted by Crippen LogP contribution is 2.34. The molecular weight excluding hydrogens is 674 g/mol. The highest BCUT2D eigenvalue weighted by atomic mass is 19.2. The van der Waals surface area contributed by atoms with Gasteiger partial charge in [0, 0.05) is 5.56 Å². The molecule has 0 atom stereocenters. The van der Waals surface area contributed by atoms with Crippen LogP contribution in [0.25, 0.3) is 11.1 Å². The normalized spacial score (nSPS) is 11.1. The summed E-state index contributed by atoms with van der Waals surface area (Å²) in [4.78, 5) is 3.68. The van der Waals surface area contributed by atoms with Gasteiger partial charge in [0.15, 0.2) is 46.5 Å². The standard InChI is InChI=1S/C12BF9O2.2C12H27N/c14-4-1(3(13(23)24)7(17)11(21)8(4)18)2-5(15)9(19)12(22)10(20)6(2)16;2*1-4-7-10-13(11-8-5-2)12-9-6-3/h;2*4-12H2,1-3H3/q-2;;/p+2. The molecule has 0 saturated carbocycles. The maximum atomic E-state index is 13.7. The minimum absolute atomic E-state index is 1.35. The molecule has 50 heavy (non-hydrogen) atoms. The van der Waals surface area contributed by atoms with E-state index in [2.05, 4.69) is 41.5 Å². The first-order valence-corrected chi connectivity index (χ1v) is 18.1. The highest BCUT2D eigenvalue weighted by Gasteiger charge is 2.33. The summed E-state index contributed by atoms with van der Waals surface area (Å²) in [5.41, 5.74) is -6.63. The predicted octanol–water partition coefficient (Wildman–Crippen LogP) is 5.56. The second-order valence-corrected chi connectivity index (χ2v) is 12.4. The maximum absolute atomic E-state index is 13.7. The number of quaternary nitrogens is 2. The van der Waals surface area contributed by atoms with Gasteiger partial charge in [0.2, 0.25) is 5.82 Å². The van der Waals surface area contributed by atoms with Crippen LogP contribution in [0.2, 0.25) is 0 Å². The van der Waals surface area contributed by atoms with Crippen molar-refractivity contribution in [1.82, 2.24) is 0 Å². The number of rotatable bonds is 20. The van der Waals surface area contributed by atoms with Crippen molar-refractivity contribution >= 4 is 12.6 Å². The Morgan fingerprint density at radius 2 is 0.580 bits per heavy atom. The fraction of sp³-hybridized carbons (Fsp3) is 0.667. The molecule has 4 nitrogen and oxygen atoms in total. The van der Waals surface area contributed by atoms with Gasteiger partial charge in [-0.2, -0.15) is 0 Å². The summed E-state index contributed by atoms with van der Waals surface area (Å²) in [6.07, 6.45) is 16.5. The zero-order valence-electron chi connectivity index (χ0n) is 30.5.